The first-order chi connectivity index (χ1) is 9.49. The fraction of sp³-hybridized carbons (Fsp3) is 0.571. The van der Waals surface area contributed by atoms with Crippen LogP contribution in [0.3, 0.4) is 0 Å². The SMILES string of the molecule is CNC(=O)c1c(N2CCC(C(C)C)C2)sc(C#N)c1N. The number of nitrogen functional groups attached to an aromatic ring is 1. The smallest absolute Gasteiger partial charge is 0.256 e. The van der Waals surface area contributed by atoms with Crippen molar-refractivity contribution in [2.75, 3.05) is 30.8 Å². The van der Waals surface area contributed by atoms with Crippen molar-refractivity contribution in [2.24, 2.45) is 11.8 Å². The van der Waals surface area contributed by atoms with Crippen molar-refractivity contribution < 1.29 is 4.79 Å². The zero-order valence-corrected chi connectivity index (χ0v) is 12.9. The van der Waals surface area contributed by atoms with Crippen LogP contribution in [0.15, 0.2) is 0 Å². The molecular weight excluding hydrogens is 272 g/mol. The van der Waals surface area contributed by atoms with E-state index in [1.54, 1.807) is 7.05 Å². The summed E-state index contributed by atoms with van der Waals surface area (Å²) in [5.41, 5.74) is 6.72. The number of carbonyl (C=O) groups excluding carboxylic acids is 1. The molecule has 1 saturated heterocycles. The standard InChI is InChI=1S/C14H20N4OS/c1-8(2)9-4-5-18(7-9)14-11(13(19)17-3)12(16)10(6-15)20-14/h8-9H,4-5,7,16H2,1-3H3,(H,17,19). The number of nitrogens with zero attached hydrogens (tertiary/aromatic N) is 2. The van der Waals surface area contributed by atoms with Crippen LogP contribution in [0, 0.1) is 23.2 Å². The number of nitriles is 1. The van der Waals surface area contributed by atoms with E-state index >= 15 is 0 Å². The van der Waals surface area contributed by atoms with Crippen LogP contribution < -0.4 is 16.0 Å². The second kappa shape index (κ2) is 5.71. The van der Waals surface area contributed by atoms with Gasteiger partial charge in [-0.3, -0.25) is 4.79 Å². The molecule has 20 heavy (non-hydrogen) atoms. The van der Waals surface area contributed by atoms with Gasteiger partial charge in [0.1, 0.15) is 15.9 Å². The number of thiophene rings is 1. The normalized spacial score (nSPS) is 18.4. The maximum absolute atomic E-state index is 12.0. The minimum absolute atomic E-state index is 0.219. The van der Waals surface area contributed by atoms with E-state index in [2.05, 4.69) is 30.1 Å². The molecule has 0 spiro atoms. The van der Waals surface area contributed by atoms with Gasteiger partial charge >= 0.3 is 0 Å². The Hall–Kier alpha value is -1.74. The molecule has 0 radical (unpaired) electrons. The molecule has 0 saturated carbocycles. The summed E-state index contributed by atoms with van der Waals surface area (Å²) >= 11 is 1.32. The Labute approximate surface area is 123 Å². The quantitative estimate of drug-likeness (QED) is 0.893. The summed E-state index contributed by atoms with van der Waals surface area (Å²) in [6.07, 6.45) is 1.12. The highest BCUT2D eigenvalue weighted by Gasteiger charge is 2.31. The van der Waals surface area contributed by atoms with Crippen LogP contribution in [0.25, 0.3) is 0 Å². The van der Waals surface area contributed by atoms with Gasteiger partial charge in [-0.05, 0) is 18.3 Å². The molecule has 3 N–H and O–H groups in total. The summed E-state index contributed by atoms with van der Waals surface area (Å²) in [4.78, 5) is 14.7. The van der Waals surface area contributed by atoms with E-state index in [4.69, 9.17) is 11.0 Å². The third-order valence-corrected chi connectivity index (χ3v) is 5.11. The summed E-state index contributed by atoms with van der Waals surface area (Å²) in [7, 11) is 1.58. The number of carbonyl (C=O) groups is 1. The average Bonchev–Trinajstić information content (AvgIpc) is 3.02. The van der Waals surface area contributed by atoms with E-state index in [0.29, 0.717) is 28.0 Å². The van der Waals surface area contributed by atoms with Crippen molar-refractivity contribution in [2.45, 2.75) is 20.3 Å². The van der Waals surface area contributed by atoms with Crippen molar-refractivity contribution in [3.8, 4) is 6.07 Å². The largest absolute Gasteiger partial charge is 0.396 e. The highest BCUT2D eigenvalue weighted by Crippen LogP contribution is 2.40. The Bertz CT molecular complexity index is 558. The minimum Gasteiger partial charge on any atom is -0.396 e. The molecule has 108 valence electrons. The first-order valence-electron chi connectivity index (χ1n) is 6.79. The second-order valence-corrected chi connectivity index (χ2v) is 6.45. The maximum Gasteiger partial charge on any atom is 0.256 e. The molecule has 1 unspecified atom stereocenters. The molecular formula is C14H20N4OS. The fourth-order valence-corrected chi connectivity index (χ4v) is 3.65. The molecule has 1 aromatic rings. The fourth-order valence-electron chi connectivity index (χ4n) is 2.60. The zero-order valence-electron chi connectivity index (χ0n) is 12.1. The summed E-state index contributed by atoms with van der Waals surface area (Å²) in [6.45, 7) is 6.28. The molecule has 0 aliphatic carbocycles. The van der Waals surface area contributed by atoms with Crippen LogP contribution >= 0.6 is 11.3 Å². The molecule has 1 amide bonds. The molecule has 1 atom stereocenters. The lowest BCUT2D eigenvalue weighted by atomic mass is 9.95. The van der Waals surface area contributed by atoms with Crippen molar-refractivity contribution >= 4 is 27.9 Å². The Morgan fingerprint density at radius 2 is 2.30 bits per heavy atom. The van der Waals surface area contributed by atoms with E-state index in [1.165, 1.54) is 11.3 Å². The van der Waals surface area contributed by atoms with Crippen LogP contribution in [0.1, 0.15) is 35.5 Å². The molecule has 1 aliphatic heterocycles. The van der Waals surface area contributed by atoms with Gasteiger partial charge in [0.15, 0.2) is 0 Å². The van der Waals surface area contributed by atoms with Crippen LogP contribution in [0.2, 0.25) is 0 Å². The topological polar surface area (TPSA) is 82.2 Å². The lowest BCUT2D eigenvalue weighted by Crippen LogP contribution is -2.25. The third-order valence-electron chi connectivity index (χ3n) is 3.94. The second-order valence-electron chi connectivity index (χ2n) is 5.45. The first-order valence-corrected chi connectivity index (χ1v) is 7.60. The number of rotatable bonds is 3. The first kappa shape index (κ1) is 14.7. The van der Waals surface area contributed by atoms with Gasteiger partial charge < -0.3 is 16.0 Å². The predicted molar refractivity (Wildman–Crippen MR) is 82.0 cm³/mol. The van der Waals surface area contributed by atoms with Crippen LogP contribution in [-0.2, 0) is 0 Å². The molecule has 1 aliphatic rings. The number of amides is 1. The van der Waals surface area contributed by atoms with Crippen molar-refractivity contribution in [3.05, 3.63) is 10.4 Å². The summed E-state index contributed by atoms with van der Waals surface area (Å²) in [5, 5.41) is 12.6. The molecule has 2 heterocycles. The molecule has 1 fully saturated rings. The lowest BCUT2D eigenvalue weighted by molar-refractivity contribution is 0.0965. The third kappa shape index (κ3) is 2.46. The van der Waals surface area contributed by atoms with Crippen molar-refractivity contribution in [1.29, 1.82) is 5.26 Å². The number of nitrogens with two attached hydrogens (primary N) is 1. The molecule has 1 aromatic heterocycles. The van der Waals surface area contributed by atoms with Gasteiger partial charge in [-0.25, -0.2) is 0 Å². The van der Waals surface area contributed by atoms with E-state index < -0.39 is 0 Å². The molecule has 2 rings (SSSR count). The molecule has 5 nitrogen and oxygen atoms in total. The van der Waals surface area contributed by atoms with Crippen molar-refractivity contribution in [1.82, 2.24) is 5.32 Å². The highest BCUT2D eigenvalue weighted by atomic mass is 32.1. The maximum atomic E-state index is 12.0. The van der Waals surface area contributed by atoms with Gasteiger partial charge in [0.05, 0.1) is 11.3 Å². The van der Waals surface area contributed by atoms with Crippen molar-refractivity contribution in [3.63, 3.8) is 0 Å². The molecule has 0 bridgehead atoms. The van der Waals surface area contributed by atoms with Gasteiger partial charge in [0.25, 0.3) is 5.91 Å². The minimum atomic E-state index is -0.219. The monoisotopic (exact) mass is 292 g/mol. The summed E-state index contributed by atoms with van der Waals surface area (Å²) < 4.78 is 0. The van der Waals surface area contributed by atoms with E-state index in [9.17, 15) is 4.79 Å². The number of nitrogens with one attached hydrogen (secondary N) is 1. The van der Waals surface area contributed by atoms with E-state index in [1.807, 2.05) is 0 Å². The van der Waals surface area contributed by atoms with Gasteiger partial charge in [0, 0.05) is 20.1 Å². The average molecular weight is 292 g/mol. The summed E-state index contributed by atoms with van der Waals surface area (Å²) in [6, 6.07) is 2.08. The predicted octanol–water partition coefficient (Wildman–Crippen LogP) is 2.04. The van der Waals surface area contributed by atoms with Gasteiger partial charge in [-0.1, -0.05) is 13.8 Å². The van der Waals surface area contributed by atoms with Gasteiger partial charge in [0.2, 0.25) is 0 Å². The Kier molecular flexibility index (Phi) is 4.19. The van der Waals surface area contributed by atoms with Gasteiger partial charge in [-0.15, -0.1) is 11.3 Å². The van der Waals surface area contributed by atoms with Crippen LogP contribution in [0.4, 0.5) is 10.7 Å². The lowest BCUT2D eigenvalue weighted by Gasteiger charge is -2.19. The van der Waals surface area contributed by atoms with Gasteiger partial charge in [-0.2, -0.15) is 5.26 Å². The number of anilines is 2. The number of hydrogen-bond acceptors (Lipinski definition) is 5. The Morgan fingerprint density at radius 3 is 2.80 bits per heavy atom. The summed E-state index contributed by atoms with van der Waals surface area (Å²) in [5.74, 6) is 1.03. The Morgan fingerprint density at radius 1 is 1.60 bits per heavy atom. The van der Waals surface area contributed by atoms with E-state index in [-0.39, 0.29) is 5.91 Å². The van der Waals surface area contributed by atoms with E-state index in [0.717, 1.165) is 24.5 Å². The highest BCUT2D eigenvalue weighted by molar-refractivity contribution is 7.17. The number of hydrogen-bond donors (Lipinski definition) is 2. The molecule has 0 aromatic carbocycles. The molecule has 6 heteroatoms. The zero-order chi connectivity index (χ0) is 14.9. The van der Waals surface area contributed by atoms with Crippen LogP contribution in [0.5, 0.6) is 0 Å². The van der Waals surface area contributed by atoms with Crippen LogP contribution in [-0.4, -0.2) is 26.0 Å². The Balaban J connectivity index is 2.37.